The third-order valence-corrected chi connectivity index (χ3v) is 5.94. The van der Waals surface area contributed by atoms with E-state index in [1.807, 2.05) is 12.5 Å². The Balaban J connectivity index is 2.53. The molecular weight excluding hydrogens is 440 g/mol. The number of nitro groups is 1. The fourth-order valence-electron chi connectivity index (χ4n) is 3.41. The summed E-state index contributed by atoms with van der Waals surface area (Å²) < 4.78 is 10.8. The Morgan fingerprint density at radius 3 is 2.39 bits per heavy atom. The zero-order valence-electron chi connectivity index (χ0n) is 18.0. The molecule has 8 nitrogen and oxygen atoms in total. The van der Waals surface area contributed by atoms with Crippen LogP contribution < -0.4 is 0 Å². The molecule has 0 saturated carbocycles. The number of ether oxygens (including phenoxy) is 2. The van der Waals surface area contributed by atoms with Gasteiger partial charge in [-0.2, -0.15) is 23.5 Å². The molecule has 1 aliphatic heterocycles. The van der Waals surface area contributed by atoms with Gasteiger partial charge >= 0.3 is 11.9 Å². The molecule has 1 aliphatic rings. The van der Waals surface area contributed by atoms with Crippen LogP contribution in [-0.4, -0.2) is 59.8 Å². The highest BCUT2D eigenvalue weighted by Crippen LogP contribution is 2.41. The number of thioether (sulfide) groups is 2. The molecule has 2 rings (SSSR count). The van der Waals surface area contributed by atoms with Crippen molar-refractivity contribution in [2.24, 2.45) is 10.9 Å². The first kappa shape index (κ1) is 24.9. The van der Waals surface area contributed by atoms with Crippen LogP contribution in [-0.2, 0) is 19.1 Å². The molecule has 1 aromatic rings. The molecule has 31 heavy (non-hydrogen) atoms. The summed E-state index contributed by atoms with van der Waals surface area (Å²) in [5.74, 6) is -1.51. The van der Waals surface area contributed by atoms with E-state index >= 15 is 0 Å². The van der Waals surface area contributed by atoms with Gasteiger partial charge < -0.3 is 9.47 Å². The smallest absolute Gasteiger partial charge is 0.336 e. The summed E-state index contributed by atoms with van der Waals surface area (Å²) in [7, 11) is 0. The van der Waals surface area contributed by atoms with Crippen molar-refractivity contribution in [1.29, 1.82) is 0 Å². The molecule has 0 fully saturated rings. The van der Waals surface area contributed by atoms with Gasteiger partial charge in [0.25, 0.3) is 5.69 Å². The number of hydrogen-bond donors (Lipinski definition) is 0. The number of hydrogen-bond acceptors (Lipinski definition) is 9. The molecule has 168 valence electrons. The molecule has 0 amide bonds. The maximum atomic E-state index is 13.0. The molecule has 0 saturated heterocycles. The quantitative estimate of drug-likeness (QED) is 0.221. The second-order valence-corrected chi connectivity index (χ2v) is 8.82. The topological polar surface area (TPSA) is 108 Å². The van der Waals surface area contributed by atoms with Gasteiger partial charge in [0, 0.05) is 41.0 Å². The third-order valence-electron chi connectivity index (χ3n) is 4.79. The number of benzene rings is 1. The van der Waals surface area contributed by atoms with Crippen LogP contribution in [0.1, 0.15) is 25.3 Å². The average Bonchev–Trinajstić information content (AvgIpc) is 2.73. The minimum absolute atomic E-state index is 0.125. The van der Waals surface area contributed by atoms with E-state index in [4.69, 9.17) is 9.47 Å². The Morgan fingerprint density at radius 2 is 1.77 bits per heavy atom. The number of nitrogens with zero attached hydrogens (tertiary/aromatic N) is 2. The van der Waals surface area contributed by atoms with E-state index < -0.39 is 28.7 Å². The summed E-state index contributed by atoms with van der Waals surface area (Å²) in [6, 6.07) is 5.96. The summed E-state index contributed by atoms with van der Waals surface area (Å²) in [4.78, 5) is 41.2. The summed E-state index contributed by atoms with van der Waals surface area (Å²) >= 11 is 3.08. The number of aliphatic imine (C=N–C) groups is 1. The highest BCUT2D eigenvalue weighted by Gasteiger charge is 2.42. The number of rotatable bonds is 10. The van der Waals surface area contributed by atoms with Crippen LogP contribution in [0.5, 0.6) is 0 Å². The molecule has 0 aromatic heterocycles. The summed E-state index contributed by atoms with van der Waals surface area (Å²) in [6.07, 6.45) is 3.81. The minimum Gasteiger partial charge on any atom is -0.464 e. The Morgan fingerprint density at radius 1 is 1.13 bits per heavy atom. The molecular formula is C21H26N2O6S2. The van der Waals surface area contributed by atoms with Gasteiger partial charge in [-0.25, -0.2) is 4.79 Å². The fourth-order valence-corrected chi connectivity index (χ4v) is 3.91. The molecule has 0 aliphatic carbocycles. The monoisotopic (exact) mass is 466 g/mol. The van der Waals surface area contributed by atoms with Crippen LogP contribution in [0.2, 0.25) is 0 Å². The minimum atomic E-state index is -0.879. The van der Waals surface area contributed by atoms with Crippen molar-refractivity contribution in [2.45, 2.75) is 19.8 Å². The van der Waals surface area contributed by atoms with Crippen molar-refractivity contribution in [2.75, 3.05) is 37.2 Å². The lowest BCUT2D eigenvalue weighted by atomic mass is 9.75. The lowest BCUT2D eigenvalue weighted by Gasteiger charge is -2.31. The van der Waals surface area contributed by atoms with Gasteiger partial charge in [-0.3, -0.25) is 19.9 Å². The van der Waals surface area contributed by atoms with Crippen LogP contribution in [0.15, 0.2) is 40.5 Å². The van der Waals surface area contributed by atoms with Gasteiger partial charge in [0.15, 0.2) is 0 Å². The molecule has 0 spiro atoms. The Kier molecular flexibility index (Phi) is 9.57. The van der Waals surface area contributed by atoms with Gasteiger partial charge in [0.05, 0.1) is 10.5 Å². The predicted molar refractivity (Wildman–Crippen MR) is 124 cm³/mol. The van der Waals surface area contributed by atoms with Crippen LogP contribution in [0.3, 0.4) is 0 Å². The van der Waals surface area contributed by atoms with Gasteiger partial charge in [0.2, 0.25) is 0 Å². The van der Waals surface area contributed by atoms with Crippen molar-refractivity contribution >= 4 is 46.9 Å². The number of allylic oxidation sites excluding steroid dienone is 1. The van der Waals surface area contributed by atoms with Crippen molar-refractivity contribution in [3.05, 3.63) is 51.2 Å². The maximum absolute atomic E-state index is 13.0. The van der Waals surface area contributed by atoms with Gasteiger partial charge in [0.1, 0.15) is 19.1 Å². The number of non-ortho nitro benzene ring substituents is 1. The van der Waals surface area contributed by atoms with E-state index in [2.05, 4.69) is 4.99 Å². The van der Waals surface area contributed by atoms with Gasteiger partial charge in [-0.15, -0.1) is 0 Å². The maximum Gasteiger partial charge on any atom is 0.336 e. The zero-order valence-corrected chi connectivity index (χ0v) is 19.6. The lowest BCUT2D eigenvalue weighted by molar-refractivity contribution is -0.384. The number of esters is 2. The molecule has 1 heterocycles. The second kappa shape index (κ2) is 11.9. The Labute approximate surface area is 190 Å². The van der Waals surface area contributed by atoms with E-state index in [1.54, 1.807) is 31.7 Å². The van der Waals surface area contributed by atoms with Crippen molar-refractivity contribution in [3.63, 3.8) is 0 Å². The fraction of sp³-hybridized carbons (Fsp3) is 0.476. The molecule has 1 aromatic carbocycles. The van der Waals surface area contributed by atoms with Gasteiger partial charge in [-0.1, -0.05) is 12.1 Å². The van der Waals surface area contributed by atoms with Crippen LogP contribution in [0.25, 0.3) is 0 Å². The normalized spacial score (nSPS) is 18.4. The highest BCUT2D eigenvalue weighted by molar-refractivity contribution is 7.98. The third kappa shape index (κ3) is 6.33. The van der Waals surface area contributed by atoms with E-state index in [0.29, 0.717) is 28.5 Å². The zero-order chi connectivity index (χ0) is 23.0. The largest absolute Gasteiger partial charge is 0.464 e. The summed E-state index contributed by atoms with van der Waals surface area (Å²) in [5.41, 5.74) is 1.48. The predicted octanol–water partition coefficient (Wildman–Crippen LogP) is 3.86. The standard InChI is InChI=1S/C21H26N2O6S2/c1-13-17(20(24)28-8-10-30-3)19(15-6-5-7-16(12-15)23(26)27)18(14(2)22-13)21(25)29-9-11-31-4/h5-7,12,17,19H,8-11H2,1-4H3. The van der Waals surface area contributed by atoms with Crippen LogP contribution in [0.4, 0.5) is 5.69 Å². The molecule has 2 atom stereocenters. The molecule has 2 unspecified atom stereocenters. The first-order valence-electron chi connectivity index (χ1n) is 9.63. The van der Waals surface area contributed by atoms with E-state index in [9.17, 15) is 19.7 Å². The van der Waals surface area contributed by atoms with E-state index in [1.165, 1.54) is 30.0 Å². The second-order valence-electron chi connectivity index (χ2n) is 6.85. The SMILES string of the molecule is CSCCOC(=O)C1=C(C)N=C(C)C(C(=O)OCCSC)C1c1cccc([N+](=O)[O-])c1. The Bertz CT molecular complexity index is 900. The van der Waals surface area contributed by atoms with Crippen molar-refractivity contribution in [1.82, 2.24) is 0 Å². The molecule has 0 bridgehead atoms. The van der Waals surface area contributed by atoms with Gasteiger partial charge in [-0.05, 0) is 31.9 Å². The lowest BCUT2D eigenvalue weighted by Crippen LogP contribution is -2.37. The van der Waals surface area contributed by atoms with Crippen molar-refractivity contribution < 1.29 is 24.0 Å². The summed E-state index contributed by atoms with van der Waals surface area (Å²) in [5, 5.41) is 11.3. The Hall–Kier alpha value is -2.33. The molecule has 0 N–H and O–H groups in total. The summed E-state index contributed by atoms with van der Waals surface area (Å²) in [6.45, 7) is 3.81. The van der Waals surface area contributed by atoms with E-state index in [-0.39, 0.29) is 24.5 Å². The van der Waals surface area contributed by atoms with E-state index in [0.717, 1.165) is 0 Å². The average molecular weight is 467 g/mol. The number of carbonyl (C=O) groups is 2. The molecule has 10 heteroatoms. The first-order valence-corrected chi connectivity index (χ1v) is 12.4. The van der Waals surface area contributed by atoms with Crippen molar-refractivity contribution in [3.8, 4) is 0 Å². The van der Waals surface area contributed by atoms with Crippen LogP contribution in [0, 0.1) is 16.0 Å². The number of nitro benzene ring substituents is 1. The highest BCUT2D eigenvalue weighted by atomic mass is 32.2. The van der Waals surface area contributed by atoms with Crippen LogP contribution >= 0.6 is 23.5 Å². The first-order chi connectivity index (χ1) is 14.8. The molecule has 0 radical (unpaired) electrons. The number of carbonyl (C=O) groups excluding carboxylic acids is 2.